The van der Waals surface area contributed by atoms with Gasteiger partial charge >= 0.3 is 0 Å². The van der Waals surface area contributed by atoms with Crippen molar-refractivity contribution in [1.29, 1.82) is 0 Å². The first-order chi connectivity index (χ1) is 10.7. The maximum absolute atomic E-state index is 12.1. The van der Waals surface area contributed by atoms with Crippen molar-refractivity contribution in [3.8, 4) is 11.3 Å². The van der Waals surface area contributed by atoms with Crippen molar-refractivity contribution >= 4 is 5.95 Å². The monoisotopic (exact) mass is 301 g/mol. The average molecular weight is 301 g/mol. The summed E-state index contributed by atoms with van der Waals surface area (Å²) in [6.45, 7) is 3.51. The van der Waals surface area contributed by atoms with Gasteiger partial charge in [-0.25, -0.2) is 0 Å². The number of H-pyrrole nitrogens is 1. The summed E-state index contributed by atoms with van der Waals surface area (Å²) >= 11 is 0. The molecule has 0 atom stereocenters. The number of rotatable bonds is 8. The van der Waals surface area contributed by atoms with Crippen LogP contribution in [-0.2, 0) is 0 Å². The first-order valence-electron chi connectivity index (χ1n) is 7.68. The standard InChI is InChI=1S/C16H23N5O/c1-12-6-8-13(9-7-12)14-15(22)19-16(21-20-14)18-11-5-3-2-4-10-17/h6-9H,2-5,10-11,17H2,1H3,(H2,18,19,21,22). The van der Waals surface area contributed by atoms with Crippen LogP contribution in [0.5, 0.6) is 0 Å². The third kappa shape index (κ3) is 4.66. The third-order valence-electron chi connectivity index (χ3n) is 3.45. The fourth-order valence-corrected chi connectivity index (χ4v) is 2.15. The van der Waals surface area contributed by atoms with E-state index in [0.29, 0.717) is 11.6 Å². The summed E-state index contributed by atoms with van der Waals surface area (Å²) in [5.41, 5.74) is 7.47. The van der Waals surface area contributed by atoms with Gasteiger partial charge in [0, 0.05) is 12.1 Å². The van der Waals surface area contributed by atoms with Gasteiger partial charge in [0.25, 0.3) is 5.56 Å². The molecule has 0 amide bonds. The van der Waals surface area contributed by atoms with Gasteiger partial charge in [0.05, 0.1) is 0 Å². The highest BCUT2D eigenvalue weighted by Crippen LogP contribution is 2.13. The molecule has 1 aromatic heterocycles. The van der Waals surface area contributed by atoms with Crippen molar-refractivity contribution in [1.82, 2.24) is 15.2 Å². The Morgan fingerprint density at radius 2 is 1.82 bits per heavy atom. The number of aryl methyl sites for hydroxylation is 1. The zero-order chi connectivity index (χ0) is 15.8. The van der Waals surface area contributed by atoms with Gasteiger partial charge in [0.1, 0.15) is 0 Å². The molecular formula is C16H23N5O. The van der Waals surface area contributed by atoms with Crippen LogP contribution in [0.15, 0.2) is 29.1 Å². The van der Waals surface area contributed by atoms with Gasteiger partial charge in [0.15, 0.2) is 5.69 Å². The van der Waals surface area contributed by atoms with Crippen LogP contribution in [0.25, 0.3) is 11.3 Å². The number of nitrogens with zero attached hydrogens (tertiary/aromatic N) is 2. The Hall–Kier alpha value is -2.21. The van der Waals surface area contributed by atoms with Gasteiger partial charge in [-0.05, 0) is 26.3 Å². The molecule has 0 spiro atoms. The van der Waals surface area contributed by atoms with E-state index in [1.165, 1.54) is 0 Å². The summed E-state index contributed by atoms with van der Waals surface area (Å²) in [5.74, 6) is 0.416. The fraction of sp³-hybridized carbons (Fsp3) is 0.438. The quantitative estimate of drug-likeness (QED) is 0.649. The van der Waals surface area contributed by atoms with Gasteiger partial charge in [-0.15, -0.1) is 10.2 Å². The summed E-state index contributed by atoms with van der Waals surface area (Å²) in [6, 6.07) is 7.65. The summed E-state index contributed by atoms with van der Waals surface area (Å²) in [5, 5.41) is 11.2. The van der Waals surface area contributed by atoms with Crippen LogP contribution in [0, 0.1) is 6.92 Å². The molecule has 0 aliphatic heterocycles. The molecule has 0 bridgehead atoms. The lowest BCUT2D eigenvalue weighted by atomic mass is 10.1. The second kappa shape index (κ2) is 8.29. The largest absolute Gasteiger partial charge is 0.354 e. The smallest absolute Gasteiger partial charge is 0.279 e. The van der Waals surface area contributed by atoms with Crippen molar-refractivity contribution in [2.75, 3.05) is 18.4 Å². The summed E-state index contributed by atoms with van der Waals surface area (Å²) in [7, 11) is 0. The molecule has 22 heavy (non-hydrogen) atoms. The van der Waals surface area contributed by atoms with Crippen molar-refractivity contribution in [2.24, 2.45) is 5.73 Å². The number of nitrogens with one attached hydrogen (secondary N) is 2. The van der Waals surface area contributed by atoms with Crippen molar-refractivity contribution in [3.05, 3.63) is 40.2 Å². The molecule has 4 N–H and O–H groups in total. The Kier molecular flexibility index (Phi) is 6.09. The molecule has 0 saturated carbocycles. The first kappa shape index (κ1) is 16.2. The van der Waals surface area contributed by atoms with E-state index >= 15 is 0 Å². The van der Waals surface area contributed by atoms with E-state index in [1.54, 1.807) is 0 Å². The highest BCUT2D eigenvalue weighted by molar-refractivity contribution is 5.58. The fourth-order valence-electron chi connectivity index (χ4n) is 2.15. The number of hydrogen-bond acceptors (Lipinski definition) is 5. The van der Waals surface area contributed by atoms with Gasteiger partial charge < -0.3 is 11.1 Å². The van der Waals surface area contributed by atoms with Gasteiger partial charge in [0.2, 0.25) is 5.95 Å². The number of benzene rings is 1. The number of unbranched alkanes of at least 4 members (excludes halogenated alkanes) is 3. The third-order valence-corrected chi connectivity index (χ3v) is 3.45. The van der Waals surface area contributed by atoms with Crippen molar-refractivity contribution in [3.63, 3.8) is 0 Å². The van der Waals surface area contributed by atoms with E-state index in [9.17, 15) is 4.79 Å². The number of aromatic amines is 1. The van der Waals surface area contributed by atoms with E-state index in [-0.39, 0.29) is 5.56 Å². The molecule has 6 nitrogen and oxygen atoms in total. The summed E-state index contributed by atoms with van der Waals surface area (Å²) < 4.78 is 0. The van der Waals surface area contributed by atoms with Crippen molar-refractivity contribution < 1.29 is 0 Å². The Labute approximate surface area is 130 Å². The number of anilines is 1. The molecule has 0 aliphatic rings. The SMILES string of the molecule is Cc1ccc(-c2nnc(NCCCCCCN)[nH]c2=O)cc1. The Morgan fingerprint density at radius 1 is 1.09 bits per heavy atom. The molecule has 6 heteroatoms. The molecule has 1 aromatic carbocycles. The number of aromatic nitrogens is 3. The van der Waals surface area contributed by atoms with Crippen LogP contribution >= 0.6 is 0 Å². The molecule has 118 valence electrons. The predicted octanol–water partition coefficient (Wildman–Crippen LogP) is 2.07. The van der Waals surface area contributed by atoms with Crippen LogP contribution in [-0.4, -0.2) is 28.3 Å². The van der Waals surface area contributed by atoms with Gasteiger partial charge in [-0.2, -0.15) is 0 Å². The molecule has 0 fully saturated rings. The Bertz CT molecular complexity index is 636. The zero-order valence-electron chi connectivity index (χ0n) is 12.9. The van der Waals surface area contributed by atoms with E-state index in [2.05, 4.69) is 20.5 Å². The minimum atomic E-state index is -0.232. The molecule has 0 radical (unpaired) electrons. The molecule has 0 unspecified atom stereocenters. The summed E-state index contributed by atoms with van der Waals surface area (Å²) in [4.78, 5) is 14.8. The van der Waals surface area contributed by atoms with Crippen LogP contribution in [0.3, 0.4) is 0 Å². The molecule has 0 saturated heterocycles. The maximum atomic E-state index is 12.1. The molecule has 2 rings (SSSR count). The maximum Gasteiger partial charge on any atom is 0.279 e. The predicted molar refractivity (Wildman–Crippen MR) is 88.8 cm³/mol. The van der Waals surface area contributed by atoms with Crippen LogP contribution in [0.1, 0.15) is 31.2 Å². The first-order valence-corrected chi connectivity index (χ1v) is 7.68. The van der Waals surface area contributed by atoms with Crippen LogP contribution < -0.4 is 16.6 Å². The van der Waals surface area contributed by atoms with E-state index in [0.717, 1.165) is 49.9 Å². The Balaban J connectivity index is 1.92. The highest BCUT2D eigenvalue weighted by Gasteiger charge is 2.07. The minimum absolute atomic E-state index is 0.232. The molecular weight excluding hydrogens is 278 g/mol. The van der Waals surface area contributed by atoms with Crippen LogP contribution in [0.2, 0.25) is 0 Å². The second-order valence-electron chi connectivity index (χ2n) is 5.35. The van der Waals surface area contributed by atoms with E-state index in [4.69, 9.17) is 5.73 Å². The Morgan fingerprint density at radius 3 is 2.50 bits per heavy atom. The van der Waals surface area contributed by atoms with Crippen molar-refractivity contribution in [2.45, 2.75) is 32.6 Å². The lowest BCUT2D eigenvalue weighted by Crippen LogP contribution is -2.17. The summed E-state index contributed by atoms with van der Waals surface area (Å²) in [6.07, 6.45) is 4.32. The zero-order valence-corrected chi connectivity index (χ0v) is 12.9. The highest BCUT2D eigenvalue weighted by atomic mass is 16.1. The van der Waals surface area contributed by atoms with Crippen LogP contribution in [0.4, 0.5) is 5.95 Å². The normalized spacial score (nSPS) is 10.6. The number of hydrogen-bond donors (Lipinski definition) is 3. The van der Waals surface area contributed by atoms with Gasteiger partial charge in [-0.1, -0.05) is 42.7 Å². The molecule has 2 aromatic rings. The average Bonchev–Trinajstić information content (AvgIpc) is 2.52. The lowest BCUT2D eigenvalue weighted by molar-refractivity contribution is 0.659. The van der Waals surface area contributed by atoms with E-state index in [1.807, 2.05) is 31.2 Å². The van der Waals surface area contributed by atoms with E-state index < -0.39 is 0 Å². The minimum Gasteiger partial charge on any atom is -0.354 e. The molecule has 1 heterocycles. The number of nitrogens with two attached hydrogens (primary N) is 1. The second-order valence-corrected chi connectivity index (χ2v) is 5.35. The molecule has 0 aliphatic carbocycles. The van der Waals surface area contributed by atoms with Gasteiger partial charge in [-0.3, -0.25) is 9.78 Å². The topological polar surface area (TPSA) is 96.7 Å². The lowest BCUT2D eigenvalue weighted by Gasteiger charge is -2.05.